The van der Waals surface area contributed by atoms with E-state index >= 15 is 0 Å². The highest BCUT2D eigenvalue weighted by Gasteiger charge is 2.24. The van der Waals surface area contributed by atoms with E-state index < -0.39 is 0 Å². The summed E-state index contributed by atoms with van der Waals surface area (Å²) in [6.07, 6.45) is 5.58. The minimum Gasteiger partial charge on any atom is -0.278 e. The molecule has 0 unspecified atom stereocenters. The van der Waals surface area contributed by atoms with Crippen LogP contribution in [-0.2, 0) is 0 Å². The van der Waals surface area contributed by atoms with Crippen LogP contribution in [0.15, 0.2) is 141 Å². The Morgan fingerprint density at radius 3 is 1.94 bits per heavy atom. The smallest absolute Gasteiger partial charge is 0.235 e. The fraction of sp³-hybridized carbons (Fsp3) is 0. The first-order chi connectivity index (χ1) is 23.2. The van der Waals surface area contributed by atoms with Gasteiger partial charge in [0.2, 0.25) is 5.95 Å². The Kier molecular flexibility index (Phi) is 5.62. The zero-order valence-electron chi connectivity index (χ0n) is 25.2. The van der Waals surface area contributed by atoms with Gasteiger partial charge in [-0.25, -0.2) is 9.97 Å². The van der Waals surface area contributed by atoms with Gasteiger partial charge in [0.25, 0.3) is 0 Å². The van der Waals surface area contributed by atoms with Crippen LogP contribution in [0.4, 0.5) is 0 Å². The van der Waals surface area contributed by atoms with E-state index in [0.717, 1.165) is 33.2 Å². The van der Waals surface area contributed by atoms with Gasteiger partial charge in [-0.2, -0.15) is 0 Å². The summed E-state index contributed by atoms with van der Waals surface area (Å²) in [5.41, 5.74) is 4.79. The highest BCUT2D eigenvalue weighted by molar-refractivity contribution is 7.33. The second-order valence-electron chi connectivity index (χ2n) is 11.8. The average molecular weight is 636 g/mol. The normalized spacial score (nSPS) is 12.6. The molecule has 0 saturated heterocycles. The molecule has 220 valence electrons. The van der Waals surface area contributed by atoms with Gasteiger partial charge in [-0.1, -0.05) is 110 Å². The number of nitrogens with zero attached hydrogens (tertiary/aromatic N) is 3. The third-order valence-corrected chi connectivity index (χ3v) is 11.8. The molecule has 10 rings (SSSR count). The van der Waals surface area contributed by atoms with Gasteiger partial charge in [-0.3, -0.25) is 4.57 Å². The molecule has 3 nitrogen and oxygen atoms in total. The minimum absolute atomic E-state index is 0.634. The first-order valence-corrected chi connectivity index (χ1v) is 17.2. The van der Waals surface area contributed by atoms with E-state index in [4.69, 9.17) is 9.97 Å². The van der Waals surface area contributed by atoms with Crippen LogP contribution in [0.3, 0.4) is 0 Å². The predicted octanol–water partition coefficient (Wildman–Crippen LogP) is 12.4. The second kappa shape index (κ2) is 9.94. The number of benzene rings is 6. The van der Waals surface area contributed by atoms with Crippen LogP contribution >= 0.6 is 22.7 Å². The van der Waals surface area contributed by atoms with Crippen molar-refractivity contribution in [2.75, 3.05) is 0 Å². The summed E-state index contributed by atoms with van der Waals surface area (Å²) in [6, 6.07) is 39.2. The van der Waals surface area contributed by atoms with E-state index in [1.54, 1.807) is 6.08 Å². The van der Waals surface area contributed by atoms with Gasteiger partial charge in [0.05, 0.1) is 31.6 Å². The molecule has 5 heteroatoms. The molecule has 4 heterocycles. The molecule has 0 amide bonds. The molecule has 0 fully saturated rings. The fourth-order valence-corrected chi connectivity index (χ4v) is 9.99. The third kappa shape index (κ3) is 3.61. The molecule has 0 atom stereocenters. The quantitative estimate of drug-likeness (QED) is 0.180. The molecule has 0 saturated carbocycles. The molecule has 0 spiro atoms. The molecule has 0 radical (unpaired) electrons. The summed E-state index contributed by atoms with van der Waals surface area (Å²) in [7, 11) is 0. The Morgan fingerprint density at radius 1 is 0.553 bits per heavy atom. The molecule has 47 heavy (non-hydrogen) atoms. The topological polar surface area (TPSA) is 30.7 Å². The SMILES string of the molecule is C=C/C=C(\C=C)c1nc(-n2c3ccccc3c3c4c(ccc32)c2c3ccccc3sc2c2sc3ccccc3c24)nc2ccccc12. The molecule has 0 N–H and O–H groups in total. The van der Waals surface area contributed by atoms with Crippen molar-refractivity contribution in [2.45, 2.75) is 0 Å². The number of hydrogen-bond donors (Lipinski definition) is 0. The molecule has 0 aliphatic carbocycles. The van der Waals surface area contributed by atoms with Crippen molar-refractivity contribution >= 4 is 112 Å². The number of allylic oxidation sites excluding steroid dienone is 4. The summed E-state index contributed by atoms with van der Waals surface area (Å²) in [6.45, 7) is 8.04. The van der Waals surface area contributed by atoms with Crippen molar-refractivity contribution < 1.29 is 0 Å². The van der Waals surface area contributed by atoms with Crippen molar-refractivity contribution in [2.24, 2.45) is 0 Å². The van der Waals surface area contributed by atoms with E-state index in [1.807, 2.05) is 47.0 Å². The van der Waals surface area contributed by atoms with E-state index in [9.17, 15) is 0 Å². The van der Waals surface area contributed by atoms with Gasteiger partial charge in [0.1, 0.15) is 0 Å². The lowest BCUT2D eigenvalue weighted by Gasteiger charge is -2.12. The van der Waals surface area contributed by atoms with Gasteiger partial charge in [-0.15, -0.1) is 22.7 Å². The minimum atomic E-state index is 0.634. The number of thiophene rings is 2. The number of para-hydroxylation sites is 2. The van der Waals surface area contributed by atoms with Gasteiger partial charge in [0, 0.05) is 58.1 Å². The summed E-state index contributed by atoms with van der Waals surface area (Å²) in [5.74, 6) is 0.634. The van der Waals surface area contributed by atoms with Gasteiger partial charge >= 0.3 is 0 Å². The Bertz CT molecular complexity index is 3010. The molecule has 4 aromatic heterocycles. The lowest BCUT2D eigenvalue weighted by molar-refractivity contribution is 1.00. The molecular weight excluding hydrogens is 611 g/mol. The summed E-state index contributed by atoms with van der Waals surface area (Å²) < 4.78 is 7.59. The fourth-order valence-electron chi connectivity index (χ4n) is 7.43. The van der Waals surface area contributed by atoms with Crippen LogP contribution in [0.25, 0.3) is 95.3 Å². The molecule has 0 bridgehead atoms. The van der Waals surface area contributed by atoms with Crippen molar-refractivity contribution in [3.63, 3.8) is 0 Å². The van der Waals surface area contributed by atoms with Gasteiger partial charge in [0.15, 0.2) is 0 Å². The maximum atomic E-state index is 5.27. The van der Waals surface area contributed by atoms with Crippen LogP contribution in [-0.4, -0.2) is 14.5 Å². The van der Waals surface area contributed by atoms with E-state index in [1.165, 1.54) is 61.9 Å². The van der Waals surface area contributed by atoms with Crippen LogP contribution in [0.2, 0.25) is 0 Å². The van der Waals surface area contributed by atoms with Crippen molar-refractivity contribution in [1.82, 2.24) is 14.5 Å². The summed E-state index contributed by atoms with van der Waals surface area (Å²) in [4.78, 5) is 10.5. The first-order valence-electron chi connectivity index (χ1n) is 15.6. The standard InChI is InChI=1S/C42H25N3S2/c1-3-13-24(4-2)39-25-14-5-9-18-30(25)43-42(44-39)45-31-19-10-6-15-26(31)36-32(45)23-22-29-35-27-16-7-11-20-33(27)46-40(35)41-38(37(29)36)28-17-8-12-21-34(28)47-41/h3-23H,1-2H2/b24-13+. The van der Waals surface area contributed by atoms with Gasteiger partial charge in [-0.05, 0) is 35.7 Å². The predicted molar refractivity (Wildman–Crippen MR) is 206 cm³/mol. The molecule has 0 aliphatic rings. The maximum absolute atomic E-state index is 5.27. The Balaban J connectivity index is 1.45. The Hall–Kier alpha value is -5.62. The number of hydrogen-bond acceptors (Lipinski definition) is 4. The highest BCUT2D eigenvalue weighted by Crippen LogP contribution is 2.51. The van der Waals surface area contributed by atoms with Crippen molar-refractivity contribution in [3.8, 4) is 5.95 Å². The Labute approximate surface area is 277 Å². The zero-order valence-corrected chi connectivity index (χ0v) is 26.8. The summed E-state index contributed by atoms with van der Waals surface area (Å²) >= 11 is 3.82. The molecule has 6 aromatic carbocycles. The largest absolute Gasteiger partial charge is 0.278 e. The van der Waals surface area contributed by atoms with Crippen LogP contribution in [0.1, 0.15) is 5.69 Å². The number of rotatable bonds is 4. The maximum Gasteiger partial charge on any atom is 0.235 e. The molecular formula is C42H25N3S2. The second-order valence-corrected chi connectivity index (χ2v) is 13.9. The summed E-state index contributed by atoms with van der Waals surface area (Å²) in [5, 5.41) is 11.3. The van der Waals surface area contributed by atoms with E-state index in [-0.39, 0.29) is 0 Å². The Morgan fingerprint density at radius 2 is 1.19 bits per heavy atom. The lowest BCUT2D eigenvalue weighted by Crippen LogP contribution is -2.04. The molecule has 0 aliphatic heterocycles. The number of aromatic nitrogens is 3. The van der Waals surface area contributed by atoms with E-state index in [0.29, 0.717) is 5.95 Å². The van der Waals surface area contributed by atoms with Crippen molar-refractivity contribution in [1.29, 1.82) is 0 Å². The van der Waals surface area contributed by atoms with Crippen molar-refractivity contribution in [3.05, 3.63) is 146 Å². The van der Waals surface area contributed by atoms with Crippen LogP contribution in [0.5, 0.6) is 0 Å². The van der Waals surface area contributed by atoms with E-state index in [2.05, 4.69) is 115 Å². The average Bonchev–Trinajstić information content (AvgIpc) is 3.80. The number of fused-ring (bicyclic) bond motifs is 15. The highest BCUT2D eigenvalue weighted by atomic mass is 32.1. The zero-order chi connectivity index (χ0) is 31.2. The molecule has 10 aromatic rings. The monoisotopic (exact) mass is 635 g/mol. The first kappa shape index (κ1) is 26.6. The van der Waals surface area contributed by atoms with Crippen LogP contribution < -0.4 is 0 Å². The van der Waals surface area contributed by atoms with Crippen LogP contribution in [0, 0.1) is 0 Å². The van der Waals surface area contributed by atoms with Gasteiger partial charge < -0.3 is 0 Å². The third-order valence-electron chi connectivity index (χ3n) is 9.34. The lowest BCUT2D eigenvalue weighted by atomic mass is 9.95.